The van der Waals surface area contributed by atoms with Gasteiger partial charge in [-0.1, -0.05) is 37.3 Å². The van der Waals surface area contributed by atoms with Gasteiger partial charge in [0.1, 0.15) is 5.82 Å². The Morgan fingerprint density at radius 2 is 2.00 bits per heavy atom. The van der Waals surface area contributed by atoms with Crippen molar-refractivity contribution >= 4 is 22.6 Å². The Hall–Kier alpha value is -0.940. The fraction of sp³-hybridized carbons (Fsp3) is 0.200. The normalized spacial score (nSPS) is 12.4. The zero-order valence-electron chi connectivity index (χ0n) is 10.2. The van der Waals surface area contributed by atoms with Gasteiger partial charge in [0.2, 0.25) is 0 Å². The molecule has 2 rings (SSSR count). The van der Waals surface area contributed by atoms with Gasteiger partial charge in [-0.25, -0.2) is 4.39 Å². The Balaban J connectivity index is 2.37. The maximum absolute atomic E-state index is 13.1. The van der Waals surface area contributed by atoms with E-state index in [2.05, 4.69) is 41.6 Å². The molecule has 0 fully saturated rings. The van der Waals surface area contributed by atoms with Crippen LogP contribution in [0.1, 0.15) is 29.7 Å². The van der Waals surface area contributed by atoms with E-state index >= 15 is 0 Å². The van der Waals surface area contributed by atoms with Crippen molar-refractivity contribution in [3.05, 3.63) is 68.5 Å². The van der Waals surface area contributed by atoms with Crippen molar-refractivity contribution in [3.8, 4) is 0 Å². The topological polar surface area (TPSA) is 26.0 Å². The second-order valence-electron chi connectivity index (χ2n) is 4.24. The van der Waals surface area contributed by atoms with E-state index in [1.165, 1.54) is 17.7 Å². The monoisotopic (exact) mass is 355 g/mol. The number of hydrogen-bond acceptors (Lipinski definition) is 1. The molecule has 0 amide bonds. The summed E-state index contributed by atoms with van der Waals surface area (Å²) in [5, 5.41) is 0. The Morgan fingerprint density at radius 1 is 1.22 bits per heavy atom. The summed E-state index contributed by atoms with van der Waals surface area (Å²) in [6.07, 6.45) is 0.987. The predicted molar refractivity (Wildman–Crippen MR) is 81.0 cm³/mol. The van der Waals surface area contributed by atoms with Crippen LogP contribution in [0.3, 0.4) is 0 Å². The van der Waals surface area contributed by atoms with Crippen molar-refractivity contribution in [1.29, 1.82) is 0 Å². The molecule has 1 atom stereocenters. The van der Waals surface area contributed by atoms with Crippen LogP contribution < -0.4 is 5.73 Å². The minimum atomic E-state index is -0.224. The molecule has 2 aromatic rings. The minimum absolute atomic E-state index is 0.205. The van der Waals surface area contributed by atoms with Crippen LogP contribution in [0.25, 0.3) is 0 Å². The molecule has 2 N–H and O–H groups in total. The van der Waals surface area contributed by atoms with Gasteiger partial charge in [-0.05, 0) is 57.8 Å². The second-order valence-corrected chi connectivity index (χ2v) is 5.40. The molecule has 1 nitrogen and oxygen atoms in total. The van der Waals surface area contributed by atoms with E-state index in [0.29, 0.717) is 0 Å². The highest BCUT2D eigenvalue weighted by Crippen LogP contribution is 2.25. The number of benzene rings is 2. The lowest BCUT2D eigenvalue weighted by Crippen LogP contribution is -2.13. The molecule has 0 aliphatic rings. The predicted octanol–water partition coefficient (Wildman–Crippen LogP) is 4.04. The summed E-state index contributed by atoms with van der Waals surface area (Å²) in [6, 6.07) is 12.8. The smallest absolute Gasteiger partial charge is 0.124 e. The largest absolute Gasteiger partial charge is 0.320 e. The van der Waals surface area contributed by atoms with Crippen molar-refractivity contribution in [2.45, 2.75) is 19.4 Å². The molecule has 3 heteroatoms. The van der Waals surface area contributed by atoms with Gasteiger partial charge in [-0.3, -0.25) is 0 Å². The van der Waals surface area contributed by atoms with Crippen molar-refractivity contribution < 1.29 is 4.39 Å². The van der Waals surface area contributed by atoms with Gasteiger partial charge in [-0.15, -0.1) is 0 Å². The fourth-order valence-electron chi connectivity index (χ4n) is 1.94. The van der Waals surface area contributed by atoms with Gasteiger partial charge in [0, 0.05) is 3.57 Å². The summed E-state index contributed by atoms with van der Waals surface area (Å²) >= 11 is 2.13. The van der Waals surface area contributed by atoms with E-state index in [4.69, 9.17) is 5.73 Å². The third-order valence-corrected chi connectivity index (χ3v) is 3.95. The Bertz CT molecular complexity index is 554. The number of nitrogens with two attached hydrogens (primary N) is 1. The molecular formula is C15H15FIN. The Kier molecular flexibility index (Phi) is 4.35. The fourth-order valence-corrected chi connectivity index (χ4v) is 2.75. The summed E-state index contributed by atoms with van der Waals surface area (Å²) < 4.78 is 13.9. The summed E-state index contributed by atoms with van der Waals surface area (Å²) in [6.45, 7) is 2.12. The number of rotatable bonds is 3. The Labute approximate surface area is 120 Å². The van der Waals surface area contributed by atoms with E-state index in [9.17, 15) is 4.39 Å². The maximum Gasteiger partial charge on any atom is 0.124 e. The van der Waals surface area contributed by atoms with E-state index in [0.717, 1.165) is 21.1 Å². The lowest BCUT2D eigenvalue weighted by atomic mass is 9.97. The number of halogens is 2. The van der Waals surface area contributed by atoms with Crippen molar-refractivity contribution in [2.24, 2.45) is 5.73 Å². The first-order valence-electron chi connectivity index (χ1n) is 5.91. The van der Waals surface area contributed by atoms with Crippen molar-refractivity contribution in [2.75, 3.05) is 0 Å². The summed E-state index contributed by atoms with van der Waals surface area (Å²) in [5.74, 6) is -0.224. The van der Waals surface area contributed by atoms with Gasteiger partial charge >= 0.3 is 0 Å². The highest BCUT2D eigenvalue weighted by atomic mass is 127. The summed E-state index contributed by atoms with van der Waals surface area (Å²) in [7, 11) is 0. The molecule has 0 bridgehead atoms. The highest BCUT2D eigenvalue weighted by Gasteiger charge is 2.12. The van der Waals surface area contributed by atoms with Crippen LogP contribution in [-0.2, 0) is 6.42 Å². The summed E-state index contributed by atoms with van der Waals surface area (Å²) in [5.41, 5.74) is 9.56. The minimum Gasteiger partial charge on any atom is -0.320 e. The van der Waals surface area contributed by atoms with E-state index in [1.807, 2.05) is 12.1 Å². The average molecular weight is 355 g/mol. The molecule has 0 saturated carbocycles. The maximum atomic E-state index is 13.1. The molecule has 1 unspecified atom stereocenters. The van der Waals surface area contributed by atoms with Crippen LogP contribution in [0, 0.1) is 9.39 Å². The van der Waals surface area contributed by atoms with E-state index in [1.54, 1.807) is 6.07 Å². The molecule has 0 spiro atoms. The molecule has 0 radical (unpaired) electrons. The van der Waals surface area contributed by atoms with E-state index < -0.39 is 0 Å². The highest BCUT2D eigenvalue weighted by molar-refractivity contribution is 14.1. The number of hydrogen-bond donors (Lipinski definition) is 1. The van der Waals surface area contributed by atoms with Crippen LogP contribution in [0.15, 0.2) is 42.5 Å². The lowest BCUT2D eigenvalue weighted by molar-refractivity contribution is 0.625. The standard InChI is InChI=1S/C15H15FIN/c1-2-10-4-3-5-11(8-10)15(18)13-7-6-12(16)9-14(13)17/h3-9,15H,2,18H2,1H3. The average Bonchev–Trinajstić information content (AvgIpc) is 2.38. The molecule has 0 aliphatic carbocycles. The van der Waals surface area contributed by atoms with Crippen molar-refractivity contribution in [3.63, 3.8) is 0 Å². The summed E-state index contributed by atoms with van der Waals surface area (Å²) in [4.78, 5) is 0. The van der Waals surface area contributed by atoms with Gasteiger partial charge < -0.3 is 5.73 Å². The first-order valence-corrected chi connectivity index (χ1v) is 6.99. The van der Waals surface area contributed by atoms with Crippen LogP contribution >= 0.6 is 22.6 Å². The SMILES string of the molecule is CCc1cccc(C(N)c2ccc(F)cc2I)c1. The third-order valence-electron chi connectivity index (χ3n) is 3.02. The zero-order chi connectivity index (χ0) is 13.1. The zero-order valence-corrected chi connectivity index (χ0v) is 12.3. The lowest BCUT2D eigenvalue weighted by Gasteiger charge is -2.15. The quantitative estimate of drug-likeness (QED) is 0.827. The Morgan fingerprint density at radius 3 is 2.67 bits per heavy atom. The molecule has 2 aromatic carbocycles. The van der Waals surface area contributed by atoms with Gasteiger partial charge in [0.15, 0.2) is 0 Å². The van der Waals surface area contributed by atoms with Crippen LogP contribution in [0.2, 0.25) is 0 Å². The van der Waals surface area contributed by atoms with Crippen LogP contribution in [0.5, 0.6) is 0 Å². The molecule has 0 heterocycles. The van der Waals surface area contributed by atoms with Gasteiger partial charge in [0.05, 0.1) is 6.04 Å². The molecule has 0 aromatic heterocycles. The number of aryl methyl sites for hydroxylation is 1. The molecule has 18 heavy (non-hydrogen) atoms. The van der Waals surface area contributed by atoms with Crippen molar-refractivity contribution in [1.82, 2.24) is 0 Å². The van der Waals surface area contributed by atoms with E-state index in [-0.39, 0.29) is 11.9 Å². The molecule has 0 aliphatic heterocycles. The molecular weight excluding hydrogens is 340 g/mol. The van der Waals surface area contributed by atoms with Crippen LogP contribution in [-0.4, -0.2) is 0 Å². The van der Waals surface area contributed by atoms with Gasteiger partial charge in [-0.2, -0.15) is 0 Å². The first-order chi connectivity index (χ1) is 8.61. The molecule has 0 saturated heterocycles. The molecule has 94 valence electrons. The second kappa shape index (κ2) is 5.80. The first kappa shape index (κ1) is 13.5. The third kappa shape index (κ3) is 2.90. The van der Waals surface area contributed by atoms with Gasteiger partial charge in [0.25, 0.3) is 0 Å². The van der Waals surface area contributed by atoms with Crippen LogP contribution in [0.4, 0.5) is 4.39 Å².